The quantitative estimate of drug-likeness (QED) is 0.798. The number of ether oxygens (including phenoxy) is 2. The van der Waals surface area contributed by atoms with E-state index < -0.39 is 0 Å². The molecule has 28 heavy (non-hydrogen) atoms. The van der Waals surface area contributed by atoms with Gasteiger partial charge in [0.05, 0.1) is 18.8 Å². The lowest BCUT2D eigenvalue weighted by atomic mass is 10.1. The van der Waals surface area contributed by atoms with Crippen LogP contribution in [0.3, 0.4) is 0 Å². The summed E-state index contributed by atoms with van der Waals surface area (Å²) in [7, 11) is 0. The number of amides is 2. The van der Waals surface area contributed by atoms with Gasteiger partial charge in [-0.05, 0) is 43.7 Å². The lowest BCUT2D eigenvalue weighted by molar-refractivity contribution is -0.125. The van der Waals surface area contributed by atoms with E-state index in [1.165, 1.54) is 0 Å². The van der Waals surface area contributed by atoms with Crippen LogP contribution < -0.4 is 19.7 Å². The third kappa shape index (κ3) is 5.03. The summed E-state index contributed by atoms with van der Waals surface area (Å²) in [5, 5.41) is 2.86. The van der Waals surface area contributed by atoms with Gasteiger partial charge < -0.3 is 19.7 Å². The highest BCUT2D eigenvalue weighted by Crippen LogP contribution is 2.33. The third-order valence-corrected chi connectivity index (χ3v) is 4.51. The van der Waals surface area contributed by atoms with Gasteiger partial charge in [-0.15, -0.1) is 0 Å². The summed E-state index contributed by atoms with van der Waals surface area (Å²) in [4.78, 5) is 26.5. The molecule has 1 aliphatic heterocycles. The molecule has 0 aromatic heterocycles. The molecule has 6 heteroatoms. The normalized spacial score (nSPS) is 15.4. The average molecular weight is 382 g/mol. The molecule has 0 spiro atoms. The van der Waals surface area contributed by atoms with Crippen molar-refractivity contribution in [3.05, 3.63) is 54.1 Å². The number of benzene rings is 2. The Bertz CT molecular complexity index is 820. The molecular weight excluding hydrogens is 356 g/mol. The second-order valence-corrected chi connectivity index (χ2v) is 6.75. The number of carbonyl (C=O) groups excluding carboxylic acids is 2. The zero-order valence-electron chi connectivity index (χ0n) is 16.3. The van der Waals surface area contributed by atoms with Gasteiger partial charge in [0.25, 0.3) is 0 Å². The van der Waals surface area contributed by atoms with E-state index in [2.05, 4.69) is 5.32 Å². The van der Waals surface area contributed by atoms with Crippen LogP contribution >= 0.6 is 0 Å². The molecule has 1 aliphatic rings. The lowest BCUT2D eigenvalue weighted by Crippen LogP contribution is -2.42. The molecule has 0 aliphatic carbocycles. The number of hydrogen-bond acceptors (Lipinski definition) is 4. The standard InChI is InChI=1S/C22H26N2O4/c1-3-27-18-10-8-17(9-11-18)14-23-21(25)12-13-22(26)24-15-16(2)28-20-7-5-4-6-19(20)24/h4-11,16H,3,12-15H2,1-2H3,(H,23,25)/t16-/m0/s1. The highest BCUT2D eigenvalue weighted by Gasteiger charge is 2.27. The zero-order valence-corrected chi connectivity index (χ0v) is 16.3. The summed E-state index contributed by atoms with van der Waals surface area (Å²) in [5.41, 5.74) is 1.75. The fourth-order valence-corrected chi connectivity index (χ4v) is 3.14. The molecule has 1 N–H and O–H groups in total. The minimum absolute atomic E-state index is 0.0705. The van der Waals surface area contributed by atoms with Crippen LogP contribution in [-0.2, 0) is 16.1 Å². The Morgan fingerprint density at radius 2 is 1.89 bits per heavy atom. The lowest BCUT2D eigenvalue weighted by Gasteiger charge is -2.33. The highest BCUT2D eigenvalue weighted by atomic mass is 16.5. The van der Waals surface area contributed by atoms with Crippen LogP contribution in [-0.4, -0.2) is 31.1 Å². The largest absolute Gasteiger partial charge is 0.494 e. The first kappa shape index (κ1) is 19.7. The van der Waals surface area contributed by atoms with E-state index >= 15 is 0 Å². The van der Waals surface area contributed by atoms with Gasteiger partial charge in [0, 0.05) is 19.4 Å². The maximum Gasteiger partial charge on any atom is 0.227 e. The molecule has 0 unspecified atom stereocenters. The van der Waals surface area contributed by atoms with Crippen molar-refractivity contribution in [1.82, 2.24) is 5.32 Å². The molecule has 0 saturated carbocycles. The van der Waals surface area contributed by atoms with Gasteiger partial charge in [-0.3, -0.25) is 9.59 Å². The second-order valence-electron chi connectivity index (χ2n) is 6.75. The number of nitrogens with one attached hydrogen (secondary N) is 1. The first-order valence-corrected chi connectivity index (χ1v) is 9.61. The SMILES string of the molecule is CCOc1ccc(CNC(=O)CCC(=O)N2C[C@H](C)Oc3ccccc32)cc1. The molecule has 0 radical (unpaired) electrons. The third-order valence-electron chi connectivity index (χ3n) is 4.51. The number of anilines is 1. The van der Waals surface area contributed by atoms with Crippen LogP contribution in [0.5, 0.6) is 11.5 Å². The van der Waals surface area contributed by atoms with Crippen LogP contribution in [0.1, 0.15) is 32.3 Å². The Morgan fingerprint density at radius 1 is 1.14 bits per heavy atom. The van der Waals surface area contributed by atoms with Crippen molar-refractivity contribution in [3.8, 4) is 11.5 Å². The van der Waals surface area contributed by atoms with Crippen molar-refractivity contribution >= 4 is 17.5 Å². The predicted octanol–water partition coefficient (Wildman–Crippen LogP) is 3.30. The summed E-state index contributed by atoms with van der Waals surface area (Å²) in [6, 6.07) is 15.1. The van der Waals surface area contributed by atoms with Crippen molar-refractivity contribution in [2.75, 3.05) is 18.1 Å². The van der Waals surface area contributed by atoms with E-state index in [1.54, 1.807) is 4.90 Å². The van der Waals surface area contributed by atoms with E-state index in [0.717, 1.165) is 17.0 Å². The molecule has 2 amide bonds. The Morgan fingerprint density at radius 3 is 2.64 bits per heavy atom. The number of rotatable bonds is 7. The van der Waals surface area contributed by atoms with Crippen molar-refractivity contribution in [2.45, 2.75) is 39.3 Å². The van der Waals surface area contributed by atoms with Crippen LogP contribution in [0.15, 0.2) is 48.5 Å². The van der Waals surface area contributed by atoms with E-state index in [1.807, 2.05) is 62.4 Å². The Balaban J connectivity index is 1.48. The first-order chi connectivity index (χ1) is 13.6. The Kier molecular flexibility index (Phi) is 6.53. The van der Waals surface area contributed by atoms with E-state index in [9.17, 15) is 9.59 Å². The smallest absolute Gasteiger partial charge is 0.227 e. The molecule has 0 fully saturated rings. The van der Waals surface area contributed by atoms with Crippen LogP contribution in [0, 0.1) is 0 Å². The molecule has 2 aromatic carbocycles. The summed E-state index contributed by atoms with van der Waals surface area (Å²) < 4.78 is 11.2. The van der Waals surface area contributed by atoms with Gasteiger partial charge in [0.1, 0.15) is 17.6 Å². The van der Waals surface area contributed by atoms with Gasteiger partial charge in [0.15, 0.2) is 0 Å². The van der Waals surface area contributed by atoms with Gasteiger partial charge in [-0.2, -0.15) is 0 Å². The molecule has 0 bridgehead atoms. The van der Waals surface area contributed by atoms with Crippen molar-refractivity contribution in [3.63, 3.8) is 0 Å². The number of nitrogens with zero attached hydrogens (tertiary/aromatic N) is 1. The van der Waals surface area contributed by atoms with E-state index in [0.29, 0.717) is 25.4 Å². The fourth-order valence-electron chi connectivity index (χ4n) is 3.14. The zero-order chi connectivity index (χ0) is 19.9. The number of fused-ring (bicyclic) bond motifs is 1. The van der Waals surface area contributed by atoms with E-state index in [-0.39, 0.29) is 30.8 Å². The van der Waals surface area contributed by atoms with Crippen LogP contribution in [0.2, 0.25) is 0 Å². The van der Waals surface area contributed by atoms with E-state index in [4.69, 9.17) is 9.47 Å². The second kappa shape index (κ2) is 9.26. The minimum atomic E-state index is -0.142. The molecule has 2 aromatic rings. The Hall–Kier alpha value is -3.02. The minimum Gasteiger partial charge on any atom is -0.494 e. The molecular formula is C22H26N2O4. The van der Waals surface area contributed by atoms with Crippen LogP contribution in [0.4, 0.5) is 5.69 Å². The first-order valence-electron chi connectivity index (χ1n) is 9.61. The molecule has 1 atom stereocenters. The van der Waals surface area contributed by atoms with Crippen molar-refractivity contribution in [2.24, 2.45) is 0 Å². The number of para-hydroxylation sites is 2. The number of carbonyl (C=O) groups is 2. The maximum absolute atomic E-state index is 12.7. The fraction of sp³-hybridized carbons (Fsp3) is 0.364. The average Bonchev–Trinajstić information content (AvgIpc) is 2.71. The summed E-state index contributed by atoms with van der Waals surface area (Å²) >= 11 is 0. The van der Waals surface area contributed by atoms with Crippen molar-refractivity contribution < 1.29 is 19.1 Å². The Labute approximate surface area is 165 Å². The van der Waals surface area contributed by atoms with Gasteiger partial charge >= 0.3 is 0 Å². The topological polar surface area (TPSA) is 67.9 Å². The van der Waals surface area contributed by atoms with Crippen molar-refractivity contribution in [1.29, 1.82) is 0 Å². The highest BCUT2D eigenvalue weighted by molar-refractivity contribution is 5.97. The monoisotopic (exact) mass is 382 g/mol. The van der Waals surface area contributed by atoms with Gasteiger partial charge in [-0.1, -0.05) is 24.3 Å². The summed E-state index contributed by atoms with van der Waals surface area (Å²) in [6.07, 6.45) is 0.243. The summed E-state index contributed by atoms with van der Waals surface area (Å²) in [5.74, 6) is 1.30. The molecule has 0 saturated heterocycles. The molecule has 3 rings (SSSR count). The number of hydrogen-bond donors (Lipinski definition) is 1. The summed E-state index contributed by atoms with van der Waals surface area (Å²) in [6.45, 7) is 5.41. The van der Waals surface area contributed by atoms with Gasteiger partial charge in [0.2, 0.25) is 11.8 Å². The van der Waals surface area contributed by atoms with Crippen LogP contribution in [0.25, 0.3) is 0 Å². The molecule has 1 heterocycles. The predicted molar refractivity (Wildman–Crippen MR) is 108 cm³/mol. The van der Waals surface area contributed by atoms with Gasteiger partial charge in [-0.25, -0.2) is 0 Å². The maximum atomic E-state index is 12.7. The molecule has 148 valence electrons. The molecule has 6 nitrogen and oxygen atoms in total.